The average Bonchev–Trinajstić information content (AvgIpc) is 2.64. The Morgan fingerprint density at radius 3 is 2.08 bits per heavy atom. The second-order valence-corrected chi connectivity index (χ2v) is 4.72. The molecule has 3 rings (SSSR count). The zero-order valence-corrected chi connectivity index (χ0v) is 7.01. The van der Waals surface area contributed by atoms with Crippen molar-refractivity contribution >= 4 is 23.6 Å². The minimum Gasteiger partial charge on any atom is -0.296 e. The van der Waals surface area contributed by atoms with Gasteiger partial charge < -0.3 is 0 Å². The number of rotatable bonds is 0. The summed E-state index contributed by atoms with van der Waals surface area (Å²) < 4.78 is 0. The minimum absolute atomic E-state index is 0.0718. The van der Waals surface area contributed by atoms with Gasteiger partial charge in [0.05, 0.1) is 11.8 Å². The Bertz CT molecular complexity index is 284. The van der Waals surface area contributed by atoms with Crippen LogP contribution in [0, 0.1) is 11.8 Å². The minimum atomic E-state index is -0.0747. The third-order valence-corrected chi connectivity index (χ3v) is 4.28. The highest BCUT2D eigenvalue weighted by Gasteiger charge is 2.56. The van der Waals surface area contributed by atoms with Gasteiger partial charge >= 0.3 is 0 Å². The van der Waals surface area contributed by atoms with Crippen LogP contribution in [-0.2, 0) is 9.59 Å². The van der Waals surface area contributed by atoms with Crippen LogP contribution in [0.3, 0.4) is 0 Å². The first-order valence-corrected chi connectivity index (χ1v) is 4.90. The molecule has 2 bridgehead atoms. The molecule has 3 nitrogen and oxygen atoms in total. The predicted molar refractivity (Wildman–Crippen MR) is 44.4 cm³/mol. The van der Waals surface area contributed by atoms with Gasteiger partial charge in [0.25, 0.3) is 0 Å². The maximum absolute atomic E-state index is 11.3. The number of carbonyl (C=O) groups is 2. The summed E-state index contributed by atoms with van der Waals surface area (Å²) in [5.74, 6) is -0.293. The maximum atomic E-state index is 11.3. The van der Waals surface area contributed by atoms with E-state index in [1.54, 1.807) is 11.8 Å². The summed E-state index contributed by atoms with van der Waals surface area (Å²) in [4.78, 5) is 22.6. The van der Waals surface area contributed by atoms with Gasteiger partial charge in [0, 0.05) is 10.5 Å². The Hall–Kier alpha value is -0.770. The van der Waals surface area contributed by atoms with Crippen LogP contribution in [-0.4, -0.2) is 22.3 Å². The van der Waals surface area contributed by atoms with Gasteiger partial charge in [0.1, 0.15) is 0 Å². The van der Waals surface area contributed by atoms with Crippen molar-refractivity contribution in [2.75, 3.05) is 0 Å². The van der Waals surface area contributed by atoms with E-state index in [-0.39, 0.29) is 34.2 Å². The number of thioether (sulfide) groups is 1. The summed E-state index contributed by atoms with van der Waals surface area (Å²) in [6.07, 6.45) is 4.10. The van der Waals surface area contributed by atoms with E-state index in [1.807, 2.05) is 0 Å². The summed E-state index contributed by atoms with van der Waals surface area (Å²) in [5, 5.41) is 2.90. The standard InChI is InChI=1S/C8H7NO2S/c10-7-5-3-1-2-4(12-3)6(5)8(11)9-7/h1-6H,(H,9,10,11)/t3-,4+,5-,6+. The van der Waals surface area contributed by atoms with Gasteiger partial charge in [0.2, 0.25) is 11.8 Å². The molecule has 0 aliphatic carbocycles. The number of hydrogen-bond acceptors (Lipinski definition) is 3. The molecule has 0 spiro atoms. The molecule has 3 heterocycles. The molecule has 3 aliphatic heterocycles. The highest BCUT2D eigenvalue weighted by Crippen LogP contribution is 2.50. The molecule has 2 saturated heterocycles. The van der Waals surface area contributed by atoms with Crippen LogP contribution in [0.4, 0.5) is 0 Å². The summed E-state index contributed by atoms with van der Waals surface area (Å²) in [5.41, 5.74) is 0. The summed E-state index contributed by atoms with van der Waals surface area (Å²) in [6, 6.07) is 0. The quantitative estimate of drug-likeness (QED) is 0.420. The number of fused-ring (bicyclic) bond motifs is 5. The van der Waals surface area contributed by atoms with Crippen molar-refractivity contribution in [2.45, 2.75) is 10.5 Å². The molecule has 0 aromatic carbocycles. The van der Waals surface area contributed by atoms with Crippen molar-refractivity contribution in [1.82, 2.24) is 5.32 Å². The first-order valence-electron chi connectivity index (χ1n) is 3.96. The topological polar surface area (TPSA) is 46.2 Å². The van der Waals surface area contributed by atoms with Crippen LogP contribution in [0.1, 0.15) is 0 Å². The maximum Gasteiger partial charge on any atom is 0.231 e. The highest BCUT2D eigenvalue weighted by molar-refractivity contribution is 8.01. The number of hydrogen-bond donors (Lipinski definition) is 1. The Balaban J connectivity index is 2.08. The molecule has 2 fully saturated rings. The lowest BCUT2D eigenvalue weighted by molar-refractivity contribution is -0.126. The van der Waals surface area contributed by atoms with Crippen LogP contribution in [0.2, 0.25) is 0 Å². The zero-order chi connectivity index (χ0) is 8.29. The second-order valence-electron chi connectivity index (χ2n) is 3.36. The zero-order valence-electron chi connectivity index (χ0n) is 6.19. The van der Waals surface area contributed by atoms with Gasteiger partial charge in [-0.15, -0.1) is 11.8 Å². The fourth-order valence-electron chi connectivity index (χ4n) is 2.22. The van der Waals surface area contributed by atoms with Gasteiger partial charge in [-0.05, 0) is 0 Å². The Labute approximate surface area is 73.6 Å². The lowest BCUT2D eigenvalue weighted by Crippen LogP contribution is -2.26. The monoisotopic (exact) mass is 181 g/mol. The van der Waals surface area contributed by atoms with E-state index in [0.717, 1.165) is 0 Å². The van der Waals surface area contributed by atoms with Crippen LogP contribution < -0.4 is 5.32 Å². The molecule has 3 aliphatic rings. The van der Waals surface area contributed by atoms with Crippen molar-refractivity contribution in [1.29, 1.82) is 0 Å². The van der Waals surface area contributed by atoms with Crippen molar-refractivity contribution in [3.05, 3.63) is 12.2 Å². The molecule has 12 heavy (non-hydrogen) atoms. The lowest BCUT2D eigenvalue weighted by Gasteiger charge is -2.12. The van der Waals surface area contributed by atoms with Gasteiger partial charge in [-0.2, -0.15) is 0 Å². The van der Waals surface area contributed by atoms with Gasteiger partial charge in [-0.25, -0.2) is 0 Å². The largest absolute Gasteiger partial charge is 0.296 e. The van der Waals surface area contributed by atoms with E-state index < -0.39 is 0 Å². The van der Waals surface area contributed by atoms with E-state index in [0.29, 0.717) is 0 Å². The van der Waals surface area contributed by atoms with Crippen molar-refractivity contribution in [2.24, 2.45) is 11.8 Å². The summed E-state index contributed by atoms with van der Waals surface area (Å²) in [7, 11) is 0. The summed E-state index contributed by atoms with van der Waals surface area (Å²) in [6.45, 7) is 0. The average molecular weight is 181 g/mol. The van der Waals surface area contributed by atoms with Crippen LogP contribution in [0.5, 0.6) is 0 Å². The highest BCUT2D eigenvalue weighted by atomic mass is 32.2. The molecule has 0 radical (unpaired) electrons. The molecule has 0 saturated carbocycles. The van der Waals surface area contributed by atoms with E-state index in [2.05, 4.69) is 17.5 Å². The Morgan fingerprint density at radius 2 is 1.58 bits per heavy atom. The fourth-order valence-corrected chi connectivity index (χ4v) is 3.87. The molecule has 2 amide bonds. The van der Waals surface area contributed by atoms with E-state index >= 15 is 0 Å². The molecular weight excluding hydrogens is 174 g/mol. The molecule has 0 aromatic heterocycles. The van der Waals surface area contributed by atoms with Gasteiger partial charge in [-0.1, -0.05) is 12.2 Å². The van der Waals surface area contributed by atoms with Crippen molar-refractivity contribution in [3.8, 4) is 0 Å². The normalized spacial score (nSPS) is 48.3. The Morgan fingerprint density at radius 1 is 1.08 bits per heavy atom. The van der Waals surface area contributed by atoms with Crippen LogP contribution in [0.15, 0.2) is 12.2 Å². The molecule has 62 valence electrons. The third kappa shape index (κ3) is 0.602. The second kappa shape index (κ2) is 1.93. The first kappa shape index (κ1) is 6.71. The fraction of sp³-hybridized carbons (Fsp3) is 0.500. The van der Waals surface area contributed by atoms with Crippen molar-refractivity contribution in [3.63, 3.8) is 0 Å². The van der Waals surface area contributed by atoms with Crippen LogP contribution >= 0.6 is 11.8 Å². The number of nitrogens with one attached hydrogen (secondary N) is 1. The number of amides is 2. The first-order chi connectivity index (χ1) is 5.77. The molecule has 1 N–H and O–H groups in total. The predicted octanol–water partition coefficient (Wildman–Crippen LogP) is -0.0710. The molecule has 0 aromatic rings. The number of imide groups is 1. The SMILES string of the molecule is O=C1NC(=O)[C@H]2[C@@H]1[C@@H]1C=C[C@H]2S1. The van der Waals surface area contributed by atoms with Crippen molar-refractivity contribution < 1.29 is 9.59 Å². The molecule has 4 atom stereocenters. The molecule has 0 unspecified atom stereocenters. The van der Waals surface area contributed by atoms with Crippen LogP contribution in [0.25, 0.3) is 0 Å². The van der Waals surface area contributed by atoms with E-state index in [1.165, 1.54) is 0 Å². The lowest BCUT2D eigenvalue weighted by atomic mass is 9.85. The molecule has 4 heteroatoms. The number of carbonyl (C=O) groups excluding carboxylic acids is 2. The Kier molecular flexibility index (Phi) is 1.08. The van der Waals surface area contributed by atoms with E-state index in [4.69, 9.17) is 0 Å². The van der Waals surface area contributed by atoms with Gasteiger partial charge in [-0.3, -0.25) is 14.9 Å². The van der Waals surface area contributed by atoms with Gasteiger partial charge in [0.15, 0.2) is 0 Å². The third-order valence-electron chi connectivity index (χ3n) is 2.75. The smallest absolute Gasteiger partial charge is 0.231 e. The van der Waals surface area contributed by atoms with E-state index in [9.17, 15) is 9.59 Å². The summed E-state index contributed by atoms with van der Waals surface area (Å²) >= 11 is 1.74. The molecular formula is C8H7NO2S.